The van der Waals surface area contributed by atoms with Crippen molar-refractivity contribution in [2.75, 3.05) is 46.4 Å². The molecule has 1 aliphatic heterocycles. The van der Waals surface area contributed by atoms with Gasteiger partial charge in [0.25, 0.3) is 6.43 Å². The Hall–Kier alpha value is -2.09. The van der Waals surface area contributed by atoms with Crippen LogP contribution in [0.3, 0.4) is 0 Å². The molecule has 0 saturated carbocycles. The molecule has 1 heterocycles. The zero-order valence-electron chi connectivity index (χ0n) is 18.4. The number of rotatable bonds is 11. The molecule has 0 radical (unpaired) electrons. The van der Waals surface area contributed by atoms with Gasteiger partial charge < -0.3 is 20.1 Å². The first-order valence-electron chi connectivity index (χ1n) is 10.9. The second kappa shape index (κ2) is 13.3. The number of halogens is 2. The summed E-state index contributed by atoms with van der Waals surface area (Å²) < 4.78 is 36.0. The van der Waals surface area contributed by atoms with Crippen LogP contribution in [-0.2, 0) is 6.42 Å². The number of ether oxygens (including phenoxy) is 2. The summed E-state index contributed by atoms with van der Waals surface area (Å²) in [5.41, 5.74) is 1.19. The van der Waals surface area contributed by atoms with Crippen molar-refractivity contribution >= 4 is 5.96 Å². The standard InChI is InChI=1S/C22H36F2N4O2/c1-4-25-22(27-18-10-13-28(14-11-18)16-21(23)24)26-12-6-7-17-8-9-19(29-3)20(15-17)30-5-2/h8-9,15,18,21H,4-7,10-14,16H2,1-3H3,(H2,25,26,27). The predicted octanol–water partition coefficient (Wildman–Crippen LogP) is 3.31. The van der Waals surface area contributed by atoms with Crippen LogP contribution in [0.25, 0.3) is 0 Å². The van der Waals surface area contributed by atoms with E-state index in [0.29, 0.717) is 26.2 Å². The number of alkyl halides is 2. The Labute approximate surface area is 179 Å². The van der Waals surface area contributed by atoms with E-state index in [-0.39, 0.29) is 12.6 Å². The lowest BCUT2D eigenvalue weighted by Gasteiger charge is -2.32. The minimum Gasteiger partial charge on any atom is -0.493 e. The zero-order valence-corrected chi connectivity index (χ0v) is 18.4. The van der Waals surface area contributed by atoms with Crippen LogP contribution in [0.2, 0.25) is 0 Å². The number of benzene rings is 1. The summed E-state index contributed by atoms with van der Waals surface area (Å²) in [4.78, 5) is 6.52. The monoisotopic (exact) mass is 426 g/mol. The van der Waals surface area contributed by atoms with Crippen molar-refractivity contribution in [1.82, 2.24) is 15.5 Å². The first-order valence-corrected chi connectivity index (χ1v) is 10.9. The van der Waals surface area contributed by atoms with Crippen molar-refractivity contribution in [3.63, 3.8) is 0 Å². The lowest BCUT2D eigenvalue weighted by atomic mass is 10.1. The average molecular weight is 427 g/mol. The molecule has 0 aliphatic carbocycles. The number of aryl methyl sites for hydroxylation is 1. The largest absolute Gasteiger partial charge is 0.493 e. The highest BCUT2D eigenvalue weighted by Gasteiger charge is 2.21. The van der Waals surface area contributed by atoms with Gasteiger partial charge in [-0.3, -0.25) is 9.89 Å². The molecule has 0 bridgehead atoms. The van der Waals surface area contributed by atoms with E-state index in [2.05, 4.69) is 21.7 Å². The molecule has 8 heteroatoms. The molecule has 170 valence electrons. The van der Waals surface area contributed by atoms with Crippen LogP contribution in [0.5, 0.6) is 11.5 Å². The van der Waals surface area contributed by atoms with Gasteiger partial charge in [-0.2, -0.15) is 0 Å². The molecule has 30 heavy (non-hydrogen) atoms. The van der Waals surface area contributed by atoms with Gasteiger partial charge in [0.1, 0.15) is 0 Å². The molecule has 0 spiro atoms. The molecule has 1 saturated heterocycles. The molecule has 0 unspecified atom stereocenters. The molecule has 1 aromatic carbocycles. The molecule has 6 nitrogen and oxygen atoms in total. The zero-order chi connectivity index (χ0) is 21.8. The molecule has 2 rings (SSSR count). The minimum atomic E-state index is -2.26. The highest BCUT2D eigenvalue weighted by molar-refractivity contribution is 5.80. The number of hydrogen-bond donors (Lipinski definition) is 2. The first-order chi connectivity index (χ1) is 14.5. The van der Waals surface area contributed by atoms with Crippen LogP contribution < -0.4 is 20.1 Å². The number of aliphatic imine (C=N–C) groups is 1. The first kappa shape index (κ1) is 24.2. The summed E-state index contributed by atoms with van der Waals surface area (Å²) in [5, 5.41) is 6.74. The third kappa shape index (κ3) is 8.34. The van der Waals surface area contributed by atoms with Crippen molar-refractivity contribution in [2.45, 2.75) is 52.0 Å². The van der Waals surface area contributed by atoms with Gasteiger partial charge in [-0.15, -0.1) is 0 Å². The molecule has 1 aliphatic rings. The summed E-state index contributed by atoms with van der Waals surface area (Å²) in [6.45, 7) is 7.35. The lowest BCUT2D eigenvalue weighted by molar-refractivity contribution is 0.0744. The number of nitrogens with zero attached hydrogens (tertiary/aromatic N) is 2. The van der Waals surface area contributed by atoms with Crippen LogP contribution in [0, 0.1) is 0 Å². The molecule has 0 aromatic heterocycles. The van der Waals surface area contributed by atoms with Crippen LogP contribution in [0.4, 0.5) is 8.78 Å². The van der Waals surface area contributed by atoms with Gasteiger partial charge in [-0.05, 0) is 57.2 Å². The summed E-state index contributed by atoms with van der Waals surface area (Å²) in [7, 11) is 1.64. The van der Waals surface area contributed by atoms with Gasteiger partial charge in [0.2, 0.25) is 0 Å². The molecular weight excluding hydrogens is 390 g/mol. The van der Waals surface area contributed by atoms with E-state index in [9.17, 15) is 8.78 Å². The topological polar surface area (TPSA) is 58.1 Å². The Morgan fingerprint density at radius 2 is 2.00 bits per heavy atom. The van der Waals surface area contributed by atoms with Crippen molar-refractivity contribution in [3.8, 4) is 11.5 Å². The Kier molecular flexibility index (Phi) is 10.7. The van der Waals surface area contributed by atoms with Gasteiger partial charge in [0.05, 0.1) is 20.3 Å². The summed E-state index contributed by atoms with van der Waals surface area (Å²) in [6.07, 6.45) is 1.26. The van der Waals surface area contributed by atoms with E-state index >= 15 is 0 Å². The van der Waals surface area contributed by atoms with Gasteiger partial charge in [-0.25, -0.2) is 8.78 Å². The van der Waals surface area contributed by atoms with Gasteiger partial charge in [0.15, 0.2) is 17.5 Å². The van der Waals surface area contributed by atoms with Crippen LogP contribution in [0.1, 0.15) is 38.7 Å². The van der Waals surface area contributed by atoms with Crippen LogP contribution >= 0.6 is 0 Å². The summed E-state index contributed by atoms with van der Waals surface area (Å²) in [6, 6.07) is 6.30. The Bertz CT molecular complexity index is 650. The maximum Gasteiger partial charge on any atom is 0.251 e. The molecule has 0 atom stereocenters. The maximum absolute atomic E-state index is 12.5. The third-order valence-corrected chi connectivity index (χ3v) is 5.09. The molecular formula is C22H36F2N4O2. The average Bonchev–Trinajstić information content (AvgIpc) is 2.73. The van der Waals surface area contributed by atoms with Crippen LogP contribution in [0.15, 0.2) is 23.2 Å². The fourth-order valence-electron chi connectivity index (χ4n) is 3.59. The smallest absolute Gasteiger partial charge is 0.251 e. The minimum absolute atomic E-state index is 0.128. The molecule has 0 amide bonds. The van der Waals surface area contributed by atoms with E-state index in [1.807, 2.05) is 30.9 Å². The van der Waals surface area contributed by atoms with Crippen molar-refractivity contribution < 1.29 is 18.3 Å². The number of guanidine groups is 1. The quantitative estimate of drug-likeness (QED) is 0.323. The Morgan fingerprint density at radius 1 is 1.23 bits per heavy atom. The van der Waals surface area contributed by atoms with Gasteiger partial charge in [-0.1, -0.05) is 6.07 Å². The summed E-state index contributed by atoms with van der Waals surface area (Å²) >= 11 is 0. The van der Waals surface area contributed by atoms with Gasteiger partial charge in [0, 0.05) is 32.2 Å². The maximum atomic E-state index is 12.5. The number of piperidine rings is 1. The number of hydrogen-bond acceptors (Lipinski definition) is 4. The Balaban J connectivity index is 1.80. The Morgan fingerprint density at radius 3 is 2.63 bits per heavy atom. The van der Waals surface area contributed by atoms with Gasteiger partial charge >= 0.3 is 0 Å². The normalized spacial score (nSPS) is 16.0. The molecule has 1 aromatic rings. The van der Waals surface area contributed by atoms with E-state index < -0.39 is 6.43 Å². The SMILES string of the molecule is CCNC(=NCCCc1ccc(OC)c(OCC)c1)NC1CCN(CC(F)F)CC1. The lowest BCUT2D eigenvalue weighted by Crippen LogP contribution is -2.49. The summed E-state index contributed by atoms with van der Waals surface area (Å²) in [5.74, 6) is 2.32. The second-order valence-corrected chi connectivity index (χ2v) is 7.39. The second-order valence-electron chi connectivity index (χ2n) is 7.39. The van der Waals surface area contributed by atoms with Crippen molar-refractivity contribution in [1.29, 1.82) is 0 Å². The third-order valence-electron chi connectivity index (χ3n) is 5.09. The van der Waals surface area contributed by atoms with E-state index in [4.69, 9.17) is 9.47 Å². The van der Waals surface area contributed by atoms with Crippen molar-refractivity contribution in [2.24, 2.45) is 4.99 Å². The van der Waals surface area contributed by atoms with E-state index in [0.717, 1.165) is 49.7 Å². The highest BCUT2D eigenvalue weighted by Crippen LogP contribution is 2.28. The predicted molar refractivity (Wildman–Crippen MR) is 117 cm³/mol. The number of likely N-dealkylation sites (tertiary alicyclic amines) is 1. The van der Waals surface area contributed by atoms with E-state index in [1.165, 1.54) is 5.56 Å². The fraction of sp³-hybridized carbons (Fsp3) is 0.682. The number of methoxy groups -OCH3 is 1. The molecule has 2 N–H and O–H groups in total. The number of nitrogens with one attached hydrogen (secondary N) is 2. The highest BCUT2D eigenvalue weighted by atomic mass is 19.3. The van der Waals surface area contributed by atoms with Crippen molar-refractivity contribution in [3.05, 3.63) is 23.8 Å². The van der Waals surface area contributed by atoms with E-state index in [1.54, 1.807) is 7.11 Å². The van der Waals surface area contributed by atoms with Crippen LogP contribution in [-0.4, -0.2) is 69.8 Å². The molecule has 1 fully saturated rings. The fourth-order valence-corrected chi connectivity index (χ4v) is 3.59.